The lowest BCUT2D eigenvalue weighted by Crippen LogP contribution is -2.41. The van der Waals surface area contributed by atoms with Crippen LogP contribution in [0.2, 0.25) is 0 Å². The first-order chi connectivity index (χ1) is 10.7. The van der Waals surface area contributed by atoms with Gasteiger partial charge in [-0.3, -0.25) is 4.79 Å². The number of halogens is 1. The van der Waals surface area contributed by atoms with Gasteiger partial charge in [0, 0.05) is 13.1 Å². The summed E-state index contributed by atoms with van der Waals surface area (Å²) in [6.07, 6.45) is 6.95. The number of benzene rings is 1. The topological polar surface area (TPSA) is 38.8 Å². The minimum absolute atomic E-state index is 0.0239. The van der Waals surface area contributed by atoms with Crippen LogP contribution in [0.5, 0.6) is 5.75 Å². The molecule has 1 amide bonds. The van der Waals surface area contributed by atoms with Gasteiger partial charge in [0.25, 0.3) is 5.91 Å². The smallest absolute Gasteiger partial charge is 0.260 e. The second-order valence-electron chi connectivity index (χ2n) is 5.29. The molecular weight excluding hydrogens is 285 g/mol. The minimum atomic E-state index is -0.326. The molecule has 0 unspecified atom stereocenters. The van der Waals surface area contributed by atoms with E-state index >= 15 is 0 Å². The number of terminal acetylenes is 1. The first kappa shape index (κ1) is 16.3. The first-order valence-corrected chi connectivity index (χ1v) is 7.36. The number of amides is 1. The number of likely N-dealkylation sites (tertiary alicyclic amines) is 1. The minimum Gasteiger partial charge on any atom is -0.484 e. The van der Waals surface area contributed by atoms with E-state index < -0.39 is 0 Å². The second-order valence-corrected chi connectivity index (χ2v) is 5.29. The molecule has 1 aromatic rings. The Kier molecular flexibility index (Phi) is 6.23. The van der Waals surface area contributed by atoms with E-state index in [1.54, 1.807) is 4.90 Å². The fourth-order valence-electron chi connectivity index (χ4n) is 2.40. The van der Waals surface area contributed by atoms with Gasteiger partial charge in [-0.1, -0.05) is 5.92 Å². The summed E-state index contributed by atoms with van der Waals surface area (Å²) >= 11 is 0. The van der Waals surface area contributed by atoms with Crippen molar-refractivity contribution in [3.63, 3.8) is 0 Å². The van der Waals surface area contributed by atoms with Crippen molar-refractivity contribution < 1.29 is 18.7 Å². The Morgan fingerprint density at radius 3 is 2.64 bits per heavy atom. The Labute approximate surface area is 130 Å². The number of hydrogen-bond donors (Lipinski definition) is 0. The summed E-state index contributed by atoms with van der Waals surface area (Å²) in [5, 5.41) is 0. The Bertz CT molecular complexity index is 516. The van der Waals surface area contributed by atoms with Crippen LogP contribution >= 0.6 is 0 Å². The van der Waals surface area contributed by atoms with E-state index in [1.807, 2.05) is 0 Å². The van der Waals surface area contributed by atoms with Gasteiger partial charge in [0.2, 0.25) is 0 Å². The molecule has 1 fully saturated rings. The highest BCUT2D eigenvalue weighted by Crippen LogP contribution is 2.18. The van der Waals surface area contributed by atoms with Gasteiger partial charge < -0.3 is 14.4 Å². The summed E-state index contributed by atoms with van der Waals surface area (Å²) in [6, 6.07) is 5.64. The number of hydrogen-bond acceptors (Lipinski definition) is 3. The number of nitrogens with zero attached hydrogens (tertiary/aromatic N) is 1. The molecule has 1 aliphatic rings. The van der Waals surface area contributed by atoms with Gasteiger partial charge >= 0.3 is 0 Å². The molecule has 0 aliphatic carbocycles. The second kappa shape index (κ2) is 8.40. The third-order valence-electron chi connectivity index (χ3n) is 3.68. The molecule has 1 aliphatic heterocycles. The van der Waals surface area contributed by atoms with E-state index in [2.05, 4.69) is 5.92 Å². The maximum absolute atomic E-state index is 12.8. The third-order valence-corrected chi connectivity index (χ3v) is 3.68. The van der Waals surface area contributed by atoms with Crippen LogP contribution in [-0.4, -0.2) is 43.7 Å². The van der Waals surface area contributed by atoms with Crippen molar-refractivity contribution in [2.24, 2.45) is 5.92 Å². The predicted molar refractivity (Wildman–Crippen MR) is 80.9 cm³/mol. The summed E-state index contributed by atoms with van der Waals surface area (Å²) in [5.41, 5.74) is 0. The molecule has 0 N–H and O–H groups in total. The van der Waals surface area contributed by atoms with Crippen LogP contribution in [-0.2, 0) is 9.53 Å². The van der Waals surface area contributed by atoms with Gasteiger partial charge in [0.05, 0.1) is 6.61 Å². The van der Waals surface area contributed by atoms with Crippen molar-refractivity contribution in [1.29, 1.82) is 0 Å². The highest BCUT2D eigenvalue weighted by molar-refractivity contribution is 5.77. The Morgan fingerprint density at radius 1 is 1.32 bits per heavy atom. The van der Waals surface area contributed by atoms with Crippen LogP contribution in [0.25, 0.3) is 0 Å². The maximum atomic E-state index is 12.8. The third kappa shape index (κ3) is 5.05. The lowest BCUT2D eigenvalue weighted by molar-refractivity contribution is -0.135. The van der Waals surface area contributed by atoms with Crippen molar-refractivity contribution in [2.75, 3.05) is 32.9 Å². The Morgan fingerprint density at radius 2 is 2.00 bits per heavy atom. The van der Waals surface area contributed by atoms with Gasteiger partial charge in [-0.2, -0.15) is 0 Å². The SMILES string of the molecule is C#CCOCC1CCN(C(=O)COc2ccc(F)cc2)CC1. The number of rotatable bonds is 6. The van der Waals surface area contributed by atoms with Crippen LogP contribution in [0.4, 0.5) is 4.39 Å². The van der Waals surface area contributed by atoms with E-state index in [4.69, 9.17) is 15.9 Å². The van der Waals surface area contributed by atoms with Crippen LogP contribution < -0.4 is 4.74 Å². The van der Waals surface area contributed by atoms with Crippen LogP contribution in [0.15, 0.2) is 24.3 Å². The van der Waals surface area contributed by atoms with E-state index in [0.717, 1.165) is 12.8 Å². The normalized spacial score (nSPS) is 15.4. The molecule has 4 nitrogen and oxygen atoms in total. The number of ether oxygens (including phenoxy) is 2. The molecule has 0 spiro atoms. The molecule has 5 heteroatoms. The first-order valence-electron chi connectivity index (χ1n) is 7.36. The van der Waals surface area contributed by atoms with E-state index in [0.29, 0.717) is 38.0 Å². The standard InChI is InChI=1S/C17H20FNO3/c1-2-11-21-12-14-7-9-19(10-8-14)17(20)13-22-16-5-3-15(18)4-6-16/h1,3-6,14H,7-13H2. The predicted octanol–water partition coefficient (Wildman–Crippen LogP) is 2.09. The molecule has 0 saturated carbocycles. The average Bonchev–Trinajstić information content (AvgIpc) is 2.55. The zero-order valence-corrected chi connectivity index (χ0v) is 12.5. The highest BCUT2D eigenvalue weighted by atomic mass is 19.1. The largest absolute Gasteiger partial charge is 0.484 e. The summed E-state index contributed by atoms with van der Waals surface area (Å²) in [4.78, 5) is 13.9. The van der Waals surface area contributed by atoms with Crippen LogP contribution in [0, 0.1) is 24.1 Å². The molecule has 0 atom stereocenters. The average molecular weight is 305 g/mol. The maximum Gasteiger partial charge on any atom is 0.260 e. The lowest BCUT2D eigenvalue weighted by atomic mass is 9.98. The van der Waals surface area contributed by atoms with Gasteiger partial charge in [-0.25, -0.2) is 4.39 Å². The van der Waals surface area contributed by atoms with Gasteiger partial charge in [0.15, 0.2) is 6.61 Å². The van der Waals surface area contributed by atoms with Gasteiger partial charge in [-0.05, 0) is 43.0 Å². The molecule has 118 valence electrons. The summed E-state index contributed by atoms with van der Waals surface area (Å²) in [5.74, 6) is 3.02. The van der Waals surface area contributed by atoms with Gasteiger partial charge in [-0.15, -0.1) is 6.42 Å². The molecule has 22 heavy (non-hydrogen) atoms. The summed E-state index contributed by atoms with van der Waals surface area (Å²) in [7, 11) is 0. The monoisotopic (exact) mass is 305 g/mol. The number of piperidine rings is 1. The molecule has 1 saturated heterocycles. The van der Waals surface area contributed by atoms with E-state index in [-0.39, 0.29) is 18.3 Å². The number of carbonyl (C=O) groups excluding carboxylic acids is 1. The quantitative estimate of drug-likeness (QED) is 0.597. The molecule has 2 rings (SSSR count). The molecule has 0 bridgehead atoms. The molecule has 0 aromatic heterocycles. The fourth-order valence-corrected chi connectivity index (χ4v) is 2.40. The van der Waals surface area contributed by atoms with Crippen LogP contribution in [0.1, 0.15) is 12.8 Å². The number of carbonyl (C=O) groups is 1. The van der Waals surface area contributed by atoms with Crippen molar-refractivity contribution in [3.05, 3.63) is 30.1 Å². The Balaban J connectivity index is 1.69. The van der Waals surface area contributed by atoms with E-state index in [1.165, 1.54) is 24.3 Å². The van der Waals surface area contributed by atoms with Crippen molar-refractivity contribution in [2.45, 2.75) is 12.8 Å². The van der Waals surface area contributed by atoms with Crippen LogP contribution in [0.3, 0.4) is 0 Å². The fraction of sp³-hybridized carbons (Fsp3) is 0.471. The zero-order valence-electron chi connectivity index (χ0n) is 12.5. The van der Waals surface area contributed by atoms with Gasteiger partial charge in [0.1, 0.15) is 18.2 Å². The summed E-state index contributed by atoms with van der Waals surface area (Å²) < 4.78 is 23.5. The molecule has 0 radical (unpaired) electrons. The zero-order chi connectivity index (χ0) is 15.8. The summed E-state index contributed by atoms with van der Waals surface area (Å²) in [6.45, 7) is 2.37. The van der Waals surface area contributed by atoms with Crippen molar-refractivity contribution >= 4 is 5.91 Å². The van der Waals surface area contributed by atoms with E-state index in [9.17, 15) is 9.18 Å². The molecule has 1 aromatic carbocycles. The lowest BCUT2D eigenvalue weighted by Gasteiger charge is -2.31. The highest BCUT2D eigenvalue weighted by Gasteiger charge is 2.23. The molecular formula is C17H20FNO3. The van der Waals surface area contributed by atoms with Crippen molar-refractivity contribution in [1.82, 2.24) is 4.90 Å². The van der Waals surface area contributed by atoms with Crippen molar-refractivity contribution in [3.8, 4) is 18.1 Å². The Hall–Kier alpha value is -2.06. The molecule has 1 heterocycles.